The van der Waals surface area contributed by atoms with Crippen molar-refractivity contribution in [2.45, 2.75) is 39.7 Å². The summed E-state index contributed by atoms with van der Waals surface area (Å²) in [7, 11) is 0. The first-order chi connectivity index (χ1) is 12.1. The van der Waals surface area contributed by atoms with E-state index in [1.807, 2.05) is 30.0 Å². The number of carbonyl (C=O) groups excluding carboxylic acids is 2. The number of imidazole rings is 1. The predicted molar refractivity (Wildman–Crippen MR) is 97.1 cm³/mol. The van der Waals surface area contributed by atoms with Gasteiger partial charge in [-0.05, 0) is 38.3 Å². The second-order valence-corrected chi connectivity index (χ2v) is 6.72. The number of likely N-dealkylation sites (tertiary alicyclic amines) is 1. The minimum Gasteiger partial charge on any atom is -0.356 e. The first-order valence-corrected chi connectivity index (χ1v) is 9.01. The number of nitrogens with zero attached hydrogens (tertiary/aromatic N) is 3. The first-order valence-electron chi connectivity index (χ1n) is 9.01. The van der Waals surface area contributed by atoms with Gasteiger partial charge in [0, 0.05) is 39.0 Å². The number of hydrogen-bond acceptors (Lipinski definition) is 3. The van der Waals surface area contributed by atoms with Crippen LogP contribution in [0.1, 0.15) is 32.0 Å². The average molecular weight is 342 g/mol. The minimum atomic E-state index is 0.0337. The van der Waals surface area contributed by atoms with E-state index in [1.165, 1.54) is 0 Å². The van der Waals surface area contributed by atoms with Crippen molar-refractivity contribution in [3.05, 3.63) is 30.1 Å². The number of hydrogen-bond donors (Lipinski definition) is 1. The summed E-state index contributed by atoms with van der Waals surface area (Å²) in [4.78, 5) is 30.0. The Kier molecular flexibility index (Phi) is 5.36. The van der Waals surface area contributed by atoms with Gasteiger partial charge in [0.05, 0.1) is 11.0 Å². The maximum atomic E-state index is 12.3. The summed E-state index contributed by atoms with van der Waals surface area (Å²) in [6.07, 6.45) is 2.40. The molecular weight excluding hydrogens is 316 g/mol. The maximum absolute atomic E-state index is 12.3. The molecular formula is C19H26N4O2. The number of aryl methyl sites for hydroxylation is 2. The zero-order valence-corrected chi connectivity index (χ0v) is 15.0. The van der Waals surface area contributed by atoms with Gasteiger partial charge in [-0.2, -0.15) is 0 Å². The molecule has 0 aliphatic carbocycles. The van der Waals surface area contributed by atoms with Gasteiger partial charge < -0.3 is 14.8 Å². The fourth-order valence-electron chi connectivity index (χ4n) is 3.53. The molecule has 6 heteroatoms. The molecule has 1 aliphatic rings. The van der Waals surface area contributed by atoms with Crippen molar-refractivity contribution in [1.29, 1.82) is 0 Å². The summed E-state index contributed by atoms with van der Waals surface area (Å²) in [6, 6.07) is 8.12. The topological polar surface area (TPSA) is 67.2 Å². The van der Waals surface area contributed by atoms with Crippen LogP contribution in [0.3, 0.4) is 0 Å². The molecule has 0 unspecified atom stereocenters. The quantitative estimate of drug-likeness (QED) is 0.846. The lowest BCUT2D eigenvalue weighted by atomic mass is 9.96. The van der Waals surface area contributed by atoms with Crippen LogP contribution in [-0.2, 0) is 16.1 Å². The molecule has 2 amide bonds. The van der Waals surface area contributed by atoms with Gasteiger partial charge in [0.25, 0.3) is 0 Å². The summed E-state index contributed by atoms with van der Waals surface area (Å²) in [5.74, 6) is 1.26. The van der Waals surface area contributed by atoms with Crippen LogP contribution in [0.15, 0.2) is 24.3 Å². The predicted octanol–water partition coefficient (Wildman–Crippen LogP) is 2.11. The Morgan fingerprint density at radius 1 is 1.24 bits per heavy atom. The van der Waals surface area contributed by atoms with Crippen molar-refractivity contribution in [2.24, 2.45) is 5.92 Å². The molecule has 0 saturated carbocycles. The normalized spacial score (nSPS) is 15.5. The van der Waals surface area contributed by atoms with Crippen LogP contribution < -0.4 is 5.32 Å². The highest BCUT2D eigenvalue weighted by Gasteiger charge is 2.25. The fraction of sp³-hybridized carbons (Fsp3) is 0.526. The third-order valence-electron chi connectivity index (χ3n) is 5.01. The smallest absolute Gasteiger partial charge is 0.223 e. The largest absolute Gasteiger partial charge is 0.356 e. The maximum Gasteiger partial charge on any atom is 0.223 e. The second kappa shape index (κ2) is 7.68. The molecule has 134 valence electrons. The molecule has 0 atom stereocenters. The highest BCUT2D eigenvalue weighted by Crippen LogP contribution is 2.18. The lowest BCUT2D eigenvalue weighted by Crippen LogP contribution is -2.42. The van der Waals surface area contributed by atoms with Gasteiger partial charge in [0.2, 0.25) is 11.8 Å². The van der Waals surface area contributed by atoms with E-state index in [4.69, 9.17) is 0 Å². The summed E-state index contributed by atoms with van der Waals surface area (Å²) in [5, 5.41) is 3.05. The molecule has 1 N–H and O–H groups in total. The van der Waals surface area contributed by atoms with Gasteiger partial charge in [0.1, 0.15) is 5.82 Å². The van der Waals surface area contributed by atoms with Gasteiger partial charge in [-0.3, -0.25) is 9.59 Å². The first kappa shape index (κ1) is 17.5. The number of fused-ring (bicyclic) bond motifs is 1. The van der Waals surface area contributed by atoms with Crippen molar-refractivity contribution < 1.29 is 9.59 Å². The van der Waals surface area contributed by atoms with Crippen molar-refractivity contribution in [2.75, 3.05) is 19.6 Å². The van der Waals surface area contributed by atoms with Crippen molar-refractivity contribution in [1.82, 2.24) is 19.8 Å². The highest BCUT2D eigenvalue weighted by atomic mass is 16.2. The van der Waals surface area contributed by atoms with E-state index in [0.717, 1.165) is 42.7 Å². The van der Waals surface area contributed by atoms with E-state index in [9.17, 15) is 9.59 Å². The van der Waals surface area contributed by atoms with Crippen LogP contribution >= 0.6 is 0 Å². The monoisotopic (exact) mass is 342 g/mol. The molecule has 6 nitrogen and oxygen atoms in total. The molecule has 3 rings (SSSR count). The SMILES string of the molecule is CC(=O)N1CCC(C(=O)NCCCn2c(C)nc3ccccc32)CC1. The van der Waals surface area contributed by atoms with Crippen molar-refractivity contribution in [3.63, 3.8) is 0 Å². The summed E-state index contributed by atoms with van der Waals surface area (Å²) in [6.45, 7) is 6.48. The lowest BCUT2D eigenvalue weighted by molar-refractivity contribution is -0.133. The Balaban J connectivity index is 1.45. The summed E-state index contributed by atoms with van der Waals surface area (Å²) in [5.41, 5.74) is 2.16. The zero-order valence-electron chi connectivity index (χ0n) is 15.0. The number of piperidine rings is 1. The van der Waals surface area contributed by atoms with Crippen LogP contribution in [0.25, 0.3) is 11.0 Å². The molecule has 0 bridgehead atoms. The van der Waals surface area contributed by atoms with Gasteiger partial charge in [0.15, 0.2) is 0 Å². The Bertz CT molecular complexity index is 760. The molecule has 1 aromatic carbocycles. The summed E-state index contributed by atoms with van der Waals surface area (Å²) >= 11 is 0. The average Bonchev–Trinajstić information content (AvgIpc) is 2.94. The lowest BCUT2D eigenvalue weighted by Gasteiger charge is -2.30. The highest BCUT2D eigenvalue weighted by molar-refractivity contribution is 5.79. The fourth-order valence-corrected chi connectivity index (χ4v) is 3.53. The van der Waals surface area contributed by atoms with Crippen LogP contribution in [0, 0.1) is 12.8 Å². The third-order valence-corrected chi connectivity index (χ3v) is 5.01. The Morgan fingerprint density at radius 2 is 1.96 bits per heavy atom. The standard InChI is InChI=1S/C19H26N4O2/c1-14-21-17-6-3-4-7-18(17)23(14)11-5-10-20-19(25)16-8-12-22(13-9-16)15(2)24/h3-4,6-7,16H,5,8-13H2,1-2H3,(H,20,25). The molecule has 0 spiro atoms. The van der Waals surface area contributed by atoms with Crippen LogP contribution in [0.5, 0.6) is 0 Å². The van der Waals surface area contributed by atoms with Crippen molar-refractivity contribution >= 4 is 22.8 Å². The molecule has 1 aliphatic heterocycles. The minimum absolute atomic E-state index is 0.0337. The molecule has 0 radical (unpaired) electrons. The molecule has 25 heavy (non-hydrogen) atoms. The molecule has 1 fully saturated rings. The number of aromatic nitrogens is 2. The molecule has 2 aromatic rings. The number of rotatable bonds is 5. The van der Waals surface area contributed by atoms with Crippen LogP contribution in [-0.4, -0.2) is 45.9 Å². The molecule has 1 aromatic heterocycles. The zero-order chi connectivity index (χ0) is 17.8. The van der Waals surface area contributed by atoms with E-state index in [1.54, 1.807) is 6.92 Å². The molecule has 1 saturated heterocycles. The van der Waals surface area contributed by atoms with E-state index >= 15 is 0 Å². The Labute approximate surface area is 148 Å². The van der Waals surface area contributed by atoms with E-state index in [-0.39, 0.29) is 17.7 Å². The van der Waals surface area contributed by atoms with E-state index < -0.39 is 0 Å². The number of para-hydroxylation sites is 2. The van der Waals surface area contributed by atoms with Crippen LogP contribution in [0.2, 0.25) is 0 Å². The number of nitrogens with one attached hydrogen (secondary N) is 1. The van der Waals surface area contributed by atoms with Crippen LogP contribution in [0.4, 0.5) is 0 Å². The summed E-state index contributed by atoms with van der Waals surface area (Å²) < 4.78 is 2.20. The third kappa shape index (κ3) is 4.00. The second-order valence-electron chi connectivity index (χ2n) is 6.72. The number of benzene rings is 1. The number of carbonyl (C=O) groups is 2. The van der Waals surface area contributed by atoms with Gasteiger partial charge in [-0.1, -0.05) is 12.1 Å². The number of amides is 2. The molecule has 2 heterocycles. The Hall–Kier alpha value is -2.37. The Morgan fingerprint density at radius 3 is 2.68 bits per heavy atom. The van der Waals surface area contributed by atoms with E-state index in [2.05, 4.69) is 20.9 Å². The van der Waals surface area contributed by atoms with E-state index in [0.29, 0.717) is 19.6 Å². The van der Waals surface area contributed by atoms with Gasteiger partial charge in [-0.15, -0.1) is 0 Å². The van der Waals surface area contributed by atoms with Gasteiger partial charge in [-0.25, -0.2) is 4.98 Å². The van der Waals surface area contributed by atoms with Crippen molar-refractivity contribution in [3.8, 4) is 0 Å². The van der Waals surface area contributed by atoms with Gasteiger partial charge >= 0.3 is 0 Å².